The van der Waals surface area contributed by atoms with E-state index in [-0.39, 0.29) is 12.5 Å². The third kappa shape index (κ3) is 3.04. The summed E-state index contributed by atoms with van der Waals surface area (Å²) in [5.41, 5.74) is 1.54. The van der Waals surface area contributed by atoms with Crippen molar-refractivity contribution in [1.82, 2.24) is 4.57 Å². The van der Waals surface area contributed by atoms with Crippen LogP contribution in [-0.4, -0.2) is 10.5 Å². The van der Waals surface area contributed by atoms with Gasteiger partial charge in [-0.05, 0) is 30.3 Å². The maximum Gasteiger partial charge on any atom is 0.244 e. The number of amides is 1. The number of para-hydroxylation sites is 1. The number of hydrogen-bond donors (Lipinski definition) is 1. The molecule has 1 aromatic heterocycles. The first-order chi connectivity index (χ1) is 10.1. The second kappa shape index (κ2) is 5.80. The summed E-state index contributed by atoms with van der Waals surface area (Å²) in [7, 11) is 0. The molecule has 106 valence electrons. The Labute approximate surface area is 132 Å². The molecular formula is C16H12Cl2N2O. The first-order valence-corrected chi connectivity index (χ1v) is 7.18. The molecule has 0 atom stereocenters. The number of aromatic nitrogens is 1. The average Bonchev–Trinajstić information content (AvgIpc) is 2.83. The summed E-state index contributed by atoms with van der Waals surface area (Å²) >= 11 is 12.1. The fourth-order valence-corrected chi connectivity index (χ4v) is 2.75. The molecule has 0 radical (unpaired) electrons. The van der Waals surface area contributed by atoms with Crippen LogP contribution in [0.4, 0.5) is 5.69 Å². The largest absolute Gasteiger partial charge is 0.337 e. The molecule has 1 heterocycles. The summed E-state index contributed by atoms with van der Waals surface area (Å²) < 4.78 is 1.83. The van der Waals surface area contributed by atoms with E-state index >= 15 is 0 Å². The Morgan fingerprint density at radius 2 is 1.90 bits per heavy atom. The van der Waals surface area contributed by atoms with E-state index in [9.17, 15) is 4.79 Å². The third-order valence-corrected chi connectivity index (χ3v) is 3.70. The molecule has 2 aromatic carbocycles. The third-order valence-electron chi connectivity index (χ3n) is 3.16. The summed E-state index contributed by atoms with van der Waals surface area (Å²) in [6.07, 6.45) is 1.86. The first-order valence-electron chi connectivity index (χ1n) is 6.42. The summed E-state index contributed by atoms with van der Waals surface area (Å²) in [5.74, 6) is -0.130. The van der Waals surface area contributed by atoms with Crippen molar-refractivity contribution in [3.8, 4) is 0 Å². The van der Waals surface area contributed by atoms with Gasteiger partial charge in [0.15, 0.2) is 0 Å². The zero-order valence-corrected chi connectivity index (χ0v) is 12.5. The Morgan fingerprint density at radius 1 is 1.10 bits per heavy atom. The van der Waals surface area contributed by atoms with E-state index in [4.69, 9.17) is 23.2 Å². The average molecular weight is 319 g/mol. The van der Waals surface area contributed by atoms with Gasteiger partial charge in [-0.3, -0.25) is 4.79 Å². The Morgan fingerprint density at radius 3 is 2.71 bits per heavy atom. The van der Waals surface area contributed by atoms with E-state index in [1.807, 2.05) is 35.0 Å². The minimum atomic E-state index is -0.130. The molecule has 1 amide bonds. The number of rotatable bonds is 3. The lowest BCUT2D eigenvalue weighted by Crippen LogP contribution is -2.18. The lowest BCUT2D eigenvalue weighted by molar-refractivity contribution is -0.116. The zero-order valence-electron chi connectivity index (χ0n) is 11.0. The normalized spacial score (nSPS) is 10.8. The minimum Gasteiger partial charge on any atom is -0.337 e. The maximum atomic E-state index is 12.1. The number of carbonyl (C=O) groups excluding carboxylic acids is 1. The smallest absolute Gasteiger partial charge is 0.244 e. The van der Waals surface area contributed by atoms with E-state index < -0.39 is 0 Å². The van der Waals surface area contributed by atoms with Crippen molar-refractivity contribution in [2.75, 3.05) is 5.32 Å². The summed E-state index contributed by atoms with van der Waals surface area (Å²) in [6, 6.07) is 14.7. The van der Waals surface area contributed by atoms with Crippen LogP contribution in [0.1, 0.15) is 0 Å². The number of anilines is 1. The van der Waals surface area contributed by atoms with Crippen LogP contribution in [0, 0.1) is 0 Å². The molecular weight excluding hydrogens is 307 g/mol. The molecule has 0 bridgehead atoms. The molecule has 3 nitrogen and oxygen atoms in total. The number of fused-ring (bicyclic) bond motifs is 1. The second-order valence-electron chi connectivity index (χ2n) is 4.68. The molecule has 1 N–H and O–H groups in total. The van der Waals surface area contributed by atoms with Crippen LogP contribution < -0.4 is 5.32 Å². The fourth-order valence-electron chi connectivity index (χ4n) is 2.27. The molecule has 0 aliphatic heterocycles. The van der Waals surface area contributed by atoms with Crippen molar-refractivity contribution in [1.29, 1.82) is 0 Å². The number of halogens is 2. The van der Waals surface area contributed by atoms with Crippen LogP contribution in [-0.2, 0) is 11.3 Å². The van der Waals surface area contributed by atoms with Gasteiger partial charge in [0.2, 0.25) is 5.91 Å². The van der Waals surface area contributed by atoms with Crippen molar-refractivity contribution in [2.24, 2.45) is 0 Å². The van der Waals surface area contributed by atoms with Crippen molar-refractivity contribution in [2.45, 2.75) is 6.54 Å². The monoisotopic (exact) mass is 318 g/mol. The van der Waals surface area contributed by atoms with E-state index in [1.54, 1.807) is 24.3 Å². The lowest BCUT2D eigenvalue weighted by atomic mass is 10.2. The van der Waals surface area contributed by atoms with Gasteiger partial charge in [0.25, 0.3) is 0 Å². The van der Waals surface area contributed by atoms with Gasteiger partial charge in [-0.1, -0.05) is 41.4 Å². The van der Waals surface area contributed by atoms with E-state index in [1.165, 1.54) is 0 Å². The number of nitrogens with one attached hydrogen (secondary N) is 1. The van der Waals surface area contributed by atoms with Crippen molar-refractivity contribution < 1.29 is 4.79 Å². The highest BCUT2D eigenvalue weighted by Gasteiger charge is 2.09. The van der Waals surface area contributed by atoms with Crippen molar-refractivity contribution in [3.05, 3.63) is 64.8 Å². The summed E-state index contributed by atoms with van der Waals surface area (Å²) in [6.45, 7) is 0.194. The predicted molar refractivity (Wildman–Crippen MR) is 87.0 cm³/mol. The quantitative estimate of drug-likeness (QED) is 0.753. The maximum absolute atomic E-state index is 12.1. The van der Waals surface area contributed by atoms with Crippen molar-refractivity contribution >= 4 is 45.7 Å². The van der Waals surface area contributed by atoms with Gasteiger partial charge in [0.1, 0.15) is 6.54 Å². The predicted octanol–water partition coefficient (Wildman–Crippen LogP) is 4.59. The van der Waals surface area contributed by atoms with Crippen LogP contribution in [0.25, 0.3) is 10.9 Å². The number of benzene rings is 2. The van der Waals surface area contributed by atoms with Gasteiger partial charge < -0.3 is 9.88 Å². The lowest BCUT2D eigenvalue weighted by Gasteiger charge is -2.08. The number of hydrogen-bond acceptors (Lipinski definition) is 1. The fraction of sp³-hybridized carbons (Fsp3) is 0.0625. The molecule has 3 rings (SSSR count). The standard InChI is InChI=1S/C16H12Cl2N2O/c17-12-4-2-5-13(9-12)19-15(21)10-20-8-7-11-3-1-6-14(18)16(11)20/h1-9H,10H2,(H,19,21). The molecule has 0 unspecified atom stereocenters. The van der Waals surface area contributed by atoms with Crippen LogP contribution in [0.5, 0.6) is 0 Å². The highest BCUT2D eigenvalue weighted by atomic mass is 35.5. The highest BCUT2D eigenvalue weighted by Crippen LogP contribution is 2.24. The van der Waals surface area contributed by atoms with Gasteiger partial charge in [-0.2, -0.15) is 0 Å². The van der Waals surface area contributed by atoms with E-state index in [0.29, 0.717) is 15.7 Å². The molecule has 0 aliphatic carbocycles. The molecule has 0 spiro atoms. The molecule has 0 fully saturated rings. The summed E-state index contributed by atoms with van der Waals surface area (Å²) in [4.78, 5) is 12.1. The zero-order chi connectivity index (χ0) is 14.8. The van der Waals surface area contributed by atoms with Gasteiger partial charge in [0, 0.05) is 22.3 Å². The van der Waals surface area contributed by atoms with Crippen LogP contribution in [0.3, 0.4) is 0 Å². The molecule has 3 aromatic rings. The Kier molecular flexibility index (Phi) is 3.86. The summed E-state index contributed by atoms with van der Waals surface area (Å²) in [5, 5.41) is 5.05. The molecule has 0 saturated heterocycles. The Hall–Kier alpha value is -1.97. The van der Waals surface area contributed by atoms with Crippen LogP contribution >= 0.6 is 23.2 Å². The van der Waals surface area contributed by atoms with Gasteiger partial charge >= 0.3 is 0 Å². The number of nitrogens with zero attached hydrogens (tertiary/aromatic N) is 1. The molecule has 5 heteroatoms. The van der Waals surface area contributed by atoms with Gasteiger partial charge in [0.05, 0.1) is 10.5 Å². The van der Waals surface area contributed by atoms with Crippen molar-refractivity contribution in [3.63, 3.8) is 0 Å². The van der Waals surface area contributed by atoms with E-state index in [0.717, 1.165) is 10.9 Å². The molecule has 0 saturated carbocycles. The highest BCUT2D eigenvalue weighted by molar-refractivity contribution is 6.35. The minimum absolute atomic E-state index is 0.130. The topological polar surface area (TPSA) is 34.0 Å². The van der Waals surface area contributed by atoms with E-state index in [2.05, 4.69) is 5.32 Å². The number of carbonyl (C=O) groups is 1. The SMILES string of the molecule is O=C(Cn1ccc2cccc(Cl)c21)Nc1cccc(Cl)c1. The Balaban J connectivity index is 1.81. The molecule has 21 heavy (non-hydrogen) atoms. The van der Waals surface area contributed by atoms with Gasteiger partial charge in [-0.25, -0.2) is 0 Å². The Bertz CT molecular complexity index is 811. The van der Waals surface area contributed by atoms with Gasteiger partial charge in [-0.15, -0.1) is 0 Å². The molecule has 0 aliphatic rings. The second-order valence-corrected chi connectivity index (χ2v) is 5.52. The van der Waals surface area contributed by atoms with Crippen LogP contribution in [0.2, 0.25) is 10.0 Å². The van der Waals surface area contributed by atoms with Crippen LogP contribution in [0.15, 0.2) is 54.7 Å². The first kappa shape index (κ1) is 14.0.